The molecule has 0 aromatic heterocycles. The minimum absolute atomic E-state index is 0.191. The van der Waals surface area contributed by atoms with Crippen LogP contribution in [0.1, 0.15) is 40.4 Å². The first kappa shape index (κ1) is 25.4. The highest BCUT2D eigenvalue weighted by atomic mass is 32.2. The van der Waals surface area contributed by atoms with Gasteiger partial charge in [-0.05, 0) is 60.7 Å². The van der Waals surface area contributed by atoms with Gasteiger partial charge < -0.3 is 24.4 Å². The van der Waals surface area contributed by atoms with Crippen LogP contribution < -0.4 is 19.5 Å². The van der Waals surface area contributed by atoms with E-state index in [0.717, 1.165) is 10.5 Å². The SMILES string of the molecule is CCOc1ccccc1NC(=O)[C@H]1c2cc(OC)c(OC)cc2C(=O)N(C)[C@H]1c1ccc(SC)cc1. The first-order chi connectivity index (χ1) is 17.4. The second-order valence-corrected chi connectivity index (χ2v) is 9.20. The Morgan fingerprint density at radius 1 is 1.00 bits per heavy atom. The maximum absolute atomic E-state index is 14.0. The fraction of sp³-hybridized carbons (Fsp3) is 0.286. The predicted molar refractivity (Wildman–Crippen MR) is 142 cm³/mol. The number of ether oxygens (including phenoxy) is 3. The lowest BCUT2D eigenvalue weighted by Crippen LogP contribution is -2.44. The molecule has 0 fully saturated rings. The zero-order valence-corrected chi connectivity index (χ0v) is 21.8. The number of carbonyl (C=O) groups is 2. The van der Waals surface area contributed by atoms with Gasteiger partial charge in [-0.15, -0.1) is 11.8 Å². The van der Waals surface area contributed by atoms with Gasteiger partial charge in [-0.2, -0.15) is 0 Å². The van der Waals surface area contributed by atoms with Crippen molar-refractivity contribution in [3.05, 3.63) is 77.4 Å². The minimum atomic E-state index is -0.711. The Morgan fingerprint density at radius 3 is 2.31 bits per heavy atom. The van der Waals surface area contributed by atoms with E-state index in [9.17, 15) is 9.59 Å². The Hall–Kier alpha value is -3.65. The lowest BCUT2D eigenvalue weighted by Gasteiger charge is -2.40. The number of benzene rings is 3. The van der Waals surface area contributed by atoms with Crippen LogP contribution in [-0.4, -0.2) is 50.8 Å². The summed E-state index contributed by atoms with van der Waals surface area (Å²) < 4.78 is 16.7. The average Bonchev–Trinajstić information content (AvgIpc) is 2.91. The molecule has 0 aliphatic carbocycles. The number of fused-ring (bicyclic) bond motifs is 1. The summed E-state index contributed by atoms with van der Waals surface area (Å²) in [5, 5.41) is 3.05. The second-order valence-electron chi connectivity index (χ2n) is 8.32. The van der Waals surface area contributed by atoms with Gasteiger partial charge in [-0.25, -0.2) is 0 Å². The zero-order valence-electron chi connectivity index (χ0n) is 21.0. The summed E-state index contributed by atoms with van der Waals surface area (Å²) >= 11 is 1.63. The van der Waals surface area contributed by atoms with Gasteiger partial charge in [0.25, 0.3) is 5.91 Å². The topological polar surface area (TPSA) is 77.1 Å². The number of para-hydroxylation sites is 2. The van der Waals surface area contributed by atoms with Crippen molar-refractivity contribution in [2.75, 3.05) is 39.4 Å². The van der Waals surface area contributed by atoms with Crippen LogP contribution in [0.5, 0.6) is 17.2 Å². The molecule has 0 unspecified atom stereocenters. The van der Waals surface area contributed by atoms with E-state index >= 15 is 0 Å². The van der Waals surface area contributed by atoms with Crippen molar-refractivity contribution in [3.8, 4) is 17.2 Å². The van der Waals surface area contributed by atoms with E-state index in [1.54, 1.807) is 41.9 Å². The van der Waals surface area contributed by atoms with E-state index in [1.165, 1.54) is 14.2 Å². The van der Waals surface area contributed by atoms with Gasteiger partial charge in [0.05, 0.1) is 38.5 Å². The third kappa shape index (κ3) is 4.73. The molecule has 3 aromatic carbocycles. The van der Waals surface area contributed by atoms with Gasteiger partial charge >= 0.3 is 0 Å². The van der Waals surface area contributed by atoms with Crippen molar-refractivity contribution < 1.29 is 23.8 Å². The quantitative estimate of drug-likeness (QED) is 0.414. The van der Waals surface area contributed by atoms with Gasteiger partial charge in [0, 0.05) is 17.5 Å². The largest absolute Gasteiger partial charge is 0.493 e. The summed E-state index contributed by atoms with van der Waals surface area (Å²) in [7, 11) is 4.78. The minimum Gasteiger partial charge on any atom is -0.493 e. The fourth-order valence-corrected chi connectivity index (χ4v) is 5.02. The van der Waals surface area contributed by atoms with Crippen molar-refractivity contribution in [2.24, 2.45) is 0 Å². The Kier molecular flexibility index (Phi) is 7.74. The molecule has 1 heterocycles. The number of likely N-dealkylation sites (N-methyl/N-ethyl adjacent to an activating group) is 1. The maximum Gasteiger partial charge on any atom is 0.254 e. The van der Waals surface area contributed by atoms with Crippen molar-refractivity contribution in [3.63, 3.8) is 0 Å². The monoisotopic (exact) mass is 506 g/mol. The van der Waals surface area contributed by atoms with Crippen LogP contribution >= 0.6 is 11.8 Å². The highest BCUT2D eigenvalue weighted by molar-refractivity contribution is 7.98. The van der Waals surface area contributed by atoms with Crippen molar-refractivity contribution >= 4 is 29.3 Å². The molecule has 2 amide bonds. The average molecular weight is 507 g/mol. The normalized spacial score (nSPS) is 16.8. The number of methoxy groups -OCH3 is 2. The molecule has 0 spiro atoms. The first-order valence-corrected chi connectivity index (χ1v) is 12.9. The number of nitrogens with zero attached hydrogens (tertiary/aromatic N) is 1. The van der Waals surface area contributed by atoms with E-state index in [0.29, 0.717) is 40.7 Å². The molecule has 36 heavy (non-hydrogen) atoms. The Bertz CT molecular complexity index is 1260. The summed E-state index contributed by atoms with van der Waals surface area (Å²) in [6.45, 7) is 2.36. The molecule has 0 saturated heterocycles. The van der Waals surface area contributed by atoms with E-state index in [1.807, 2.05) is 55.6 Å². The van der Waals surface area contributed by atoms with Gasteiger partial charge in [-0.3, -0.25) is 9.59 Å². The number of rotatable bonds is 8. The van der Waals surface area contributed by atoms with E-state index in [-0.39, 0.29) is 11.8 Å². The highest BCUT2D eigenvalue weighted by Gasteiger charge is 2.43. The molecular weight excluding hydrogens is 476 g/mol. The van der Waals surface area contributed by atoms with Gasteiger partial charge in [-0.1, -0.05) is 24.3 Å². The van der Waals surface area contributed by atoms with E-state index < -0.39 is 12.0 Å². The molecule has 0 radical (unpaired) electrons. The molecule has 188 valence electrons. The summed E-state index contributed by atoms with van der Waals surface area (Å²) in [6.07, 6.45) is 2.01. The molecule has 1 aliphatic heterocycles. The number of nitrogens with one attached hydrogen (secondary N) is 1. The molecule has 3 aromatic rings. The number of thioether (sulfide) groups is 1. The van der Waals surface area contributed by atoms with Crippen molar-refractivity contribution in [1.29, 1.82) is 0 Å². The fourth-order valence-electron chi connectivity index (χ4n) is 4.61. The summed E-state index contributed by atoms with van der Waals surface area (Å²) in [5.74, 6) is 0.316. The van der Waals surface area contributed by atoms with Crippen LogP contribution in [0, 0.1) is 0 Å². The Morgan fingerprint density at radius 2 is 1.67 bits per heavy atom. The number of amides is 2. The molecular formula is C28H30N2O5S. The smallest absolute Gasteiger partial charge is 0.254 e. The van der Waals surface area contributed by atoms with E-state index in [4.69, 9.17) is 14.2 Å². The van der Waals surface area contributed by atoms with E-state index in [2.05, 4.69) is 5.32 Å². The molecule has 4 rings (SSSR count). The zero-order chi connectivity index (χ0) is 25.8. The summed E-state index contributed by atoms with van der Waals surface area (Å²) in [5.41, 5.74) is 2.43. The second kappa shape index (κ2) is 11.0. The van der Waals surface area contributed by atoms with Crippen LogP contribution in [0.15, 0.2) is 65.6 Å². The third-order valence-corrected chi connectivity index (χ3v) is 7.10. The number of anilines is 1. The highest BCUT2D eigenvalue weighted by Crippen LogP contribution is 2.46. The lowest BCUT2D eigenvalue weighted by atomic mass is 9.79. The number of hydrogen-bond acceptors (Lipinski definition) is 6. The number of carbonyl (C=O) groups excluding carboxylic acids is 2. The van der Waals surface area contributed by atoms with Crippen LogP contribution in [0.2, 0.25) is 0 Å². The standard InChI is InChI=1S/C28H30N2O5S/c1-6-35-22-10-8-7-9-21(22)29-27(31)25-19-15-23(33-3)24(34-4)16-20(19)28(32)30(2)26(25)17-11-13-18(36-5)14-12-17/h7-16,25-26H,6H2,1-5H3,(H,29,31)/t25-,26-/m0/s1. The van der Waals surface area contributed by atoms with Gasteiger partial charge in [0.2, 0.25) is 5.91 Å². The molecule has 0 bridgehead atoms. The maximum atomic E-state index is 14.0. The first-order valence-electron chi connectivity index (χ1n) is 11.6. The Labute approximate surface area is 215 Å². The molecule has 1 aliphatic rings. The molecule has 8 heteroatoms. The van der Waals surface area contributed by atoms with Gasteiger partial charge in [0.1, 0.15) is 5.75 Å². The van der Waals surface area contributed by atoms with Crippen LogP contribution in [0.4, 0.5) is 5.69 Å². The van der Waals surface area contributed by atoms with Crippen molar-refractivity contribution in [1.82, 2.24) is 4.90 Å². The summed E-state index contributed by atoms with van der Waals surface area (Å²) in [4.78, 5) is 30.3. The van der Waals surface area contributed by atoms with Gasteiger partial charge in [0.15, 0.2) is 11.5 Å². The summed E-state index contributed by atoms with van der Waals surface area (Å²) in [6, 6.07) is 18.1. The third-order valence-electron chi connectivity index (χ3n) is 6.36. The van der Waals surface area contributed by atoms with Crippen LogP contribution in [0.25, 0.3) is 0 Å². The van der Waals surface area contributed by atoms with Crippen molar-refractivity contribution in [2.45, 2.75) is 23.8 Å². The van der Waals surface area contributed by atoms with Crippen LogP contribution in [0.3, 0.4) is 0 Å². The molecule has 1 N–H and O–H groups in total. The molecule has 0 saturated carbocycles. The molecule has 2 atom stereocenters. The number of hydrogen-bond donors (Lipinski definition) is 1. The molecule has 7 nitrogen and oxygen atoms in total. The van der Waals surface area contributed by atoms with Crippen LogP contribution in [-0.2, 0) is 4.79 Å². The Balaban J connectivity index is 1.86. The predicted octanol–water partition coefficient (Wildman–Crippen LogP) is 5.37. The lowest BCUT2D eigenvalue weighted by molar-refractivity contribution is -0.119.